The molecule has 1 aliphatic rings. The minimum Gasteiger partial charge on any atom is -0.342 e. The summed E-state index contributed by atoms with van der Waals surface area (Å²) >= 11 is 0. The van der Waals surface area contributed by atoms with Crippen molar-refractivity contribution in [3.05, 3.63) is 41.5 Å². The molecule has 0 saturated carbocycles. The van der Waals surface area contributed by atoms with E-state index in [-0.39, 0.29) is 24.4 Å². The quantitative estimate of drug-likeness (QED) is 0.712. The van der Waals surface area contributed by atoms with Crippen LogP contribution in [0.4, 0.5) is 10.5 Å². The molecule has 2 heterocycles. The zero-order valence-electron chi connectivity index (χ0n) is 13.2. The van der Waals surface area contributed by atoms with Crippen molar-refractivity contribution in [1.82, 2.24) is 25.8 Å². The minimum absolute atomic E-state index is 0.0222. The van der Waals surface area contributed by atoms with Crippen LogP contribution >= 0.6 is 0 Å². The number of anilines is 1. The molecule has 9 heteroatoms. The molecular formula is C15H16N6O3. The van der Waals surface area contributed by atoms with E-state index >= 15 is 0 Å². The lowest BCUT2D eigenvalue weighted by atomic mass is 10.1. The number of hydrogen-bond acceptors (Lipinski definition) is 5. The first-order valence-electron chi connectivity index (χ1n) is 7.35. The monoisotopic (exact) mass is 328 g/mol. The second-order valence-electron chi connectivity index (χ2n) is 5.46. The summed E-state index contributed by atoms with van der Waals surface area (Å²) in [6, 6.07) is 5.62. The number of aromatic nitrogens is 3. The maximum absolute atomic E-state index is 12.3. The van der Waals surface area contributed by atoms with Gasteiger partial charge in [-0.15, -0.1) is 0 Å². The number of aromatic amines is 1. The second kappa shape index (κ2) is 6.11. The Kier molecular flexibility index (Phi) is 3.98. The second-order valence-corrected chi connectivity index (χ2v) is 5.46. The largest absolute Gasteiger partial charge is 0.342 e. The van der Waals surface area contributed by atoms with E-state index in [9.17, 15) is 14.4 Å². The lowest BCUT2D eigenvalue weighted by Gasteiger charge is -2.14. The van der Waals surface area contributed by atoms with E-state index in [0.29, 0.717) is 22.9 Å². The summed E-state index contributed by atoms with van der Waals surface area (Å²) in [7, 11) is 0. The predicted octanol–water partition coefficient (Wildman–Crippen LogP) is 0.660. The van der Waals surface area contributed by atoms with Crippen LogP contribution in [0.2, 0.25) is 0 Å². The molecule has 1 aliphatic heterocycles. The molecule has 0 radical (unpaired) electrons. The highest BCUT2D eigenvalue weighted by Crippen LogP contribution is 2.18. The molecular weight excluding hydrogens is 312 g/mol. The fraction of sp³-hybridized carbons (Fsp3) is 0.267. The number of nitrogens with one attached hydrogen (secondary N) is 3. The number of carbonyl (C=O) groups excluding carboxylic acids is 3. The minimum atomic E-state index is -0.467. The molecule has 0 unspecified atom stereocenters. The third-order valence-corrected chi connectivity index (χ3v) is 3.58. The number of aryl methyl sites for hydroxylation is 1. The molecule has 0 spiro atoms. The van der Waals surface area contributed by atoms with E-state index in [1.165, 1.54) is 4.90 Å². The number of imide groups is 1. The van der Waals surface area contributed by atoms with Crippen molar-refractivity contribution < 1.29 is 14.4 Å². The van der Waals surface area contributed by atoms with Gasteiger partial charge in [0.2, 0.25) is 5.91 Å². The van der Waals surface area contributed by atoms with Gasteiger partial charge in [-0.2, -0.15) is 5.10 Å². The fourth-order valence-electron chi connectivity index (χ4n) is 2.34. The van der Waals surface area contributed by atoms with Gasteiger partial charge in [0.15, 0.2) is 5.82 Å². The van der Waals surface area contributed by atoms with Crippen LogP contribution in [0.25, 0.3) is 0 Å². The molecule has 2 aromatic rings. The maximum Gasteiger partial charge on any atom is 0.329 e. The highest BCUT2D eigenvalue weighted by molar-refractivity contribution is 6.12. The van der Waals surface area contributed by atoms with E-state index in [4.69, 9.17) is 0 Å². The van der Waals surface area contributed by atoms with E-state index in [2.05, 4.69) is 25.8 Å². The van der Waals surface area contributed by atoms with Gasteiger partial charge < -0.3 is 5.32 Å². The van der Waals surface area contributed by atoms with Gasteiger partial charge in [-0.1, -0.05) is 0 Å². The topological polar surface area (TPSA) is 120 Å². The molecule has 1 fully saturated rings. The molecule has 1 atom stereocenters. The van der Waals surface area contributed by atoms with Gasteiger partial charge in [0.1, 0.15) is 12.4 Å². The van der Waals surface area contributed by atoms with E-state index in [0.717, 1.165) is 0 Å². The first-order valence-corrected chi connectivity index (χ1v) is 7.35. The Bertz CT molecular complexity index is 798. The van der Waals surface area contributed by atoms with E-state index < -0.39 is 6.03 Å². The number of urea groups is 1. The van der Waals surface area contributed by atoms with Gasteiger partial charge >= 0.3 is 6.03 Å². The Balaban J connectivity index is 1.68. The molecule has 4 amide bonds. The van der Waals surface area contributed by atoms with Gasteiger partial charge in [0.25, 0.3) is 5.91 Å². The lowest BCUT2D eigenvalue weighted by molar-refractivity contribution is -0.117. The summed E-state index contributed by atoms with van der Waals surface area (Å²) in [5, 5.41) is 11.7. The first kappa shape index (κ1) is 15.7. The SMILES string of the molecule is Cc1nc([C@H](C)NC(=O)c2ccc(N3CC(=O)NC3=O)cc2)n[nH]1. The third kappa shape index (κ3) is 3.09. The van der Waals surface area contributed by atoms with Crippen molar-refractivity contribution in [2.75, 3.05) is 11.4 Å². The molecule has 0 aliphatic carbocycles. The number of H-pyrrole nitrogens is 1. The van der Waals surface area contributed by atoms with Crippen LogP contribution in [-0.4, -0.2) is 39.6 Å². The number of nitrogens with zero attached hydrogens (tertiary/aromatic N) is 3. The summed E-state index contributed by atoms with van der Waals surface area (Å²) in [4.78, 5) is 40.6. The average Bonchev–Trinajstić information content (AvgIpc) is 3.13. The molecule has 1 aromatic carbocycles. The molecule has 9 nitrogen and oxygen atoms in total. The van der Waals surface area contributed by atoms with Gasteiger partial charge in [-0.25, -0.2) is 9.78 Å². The van der Waals surface area contributed by atoms with Crippen molar-refractivity contribution in [3.63, 3.8) is 0 Å². The van der Waals surface area contributed by atoms with Gasteiger partial charge in [-0.3, -0.25) is 24.9 Å². The molecule has 24 heavy (non-hydrogen) atoms. The Morgan fingerprint density at radius 1 is 1.29 bits per heavy atom. The average molecular weight is 328 g/mol. The fourth-order valence-corrected chi connectivity index (χ4v) is 2.34. The lowest BCUT2D eigenvalue weighted by Crippen LogP contribution is -2.29. The van der Waals surface area contributed by atoms with Gasteiger partial charge in [0.05, 0.1) is 6.04 Å². The molecule has 3 rings (SSSR count). The van der Waals surface area contributed by atoms with Crippen LogP contribution in [0.3, 0.4) is 0 Å². The van der Waals surface area contributed by atoms with Crippen LogP contribution in [-0.2, 0) is 4.79 Å². The number of benzene rings is 1. The summed E-state index contributed by atoms with van der Waals surface area (Å²) in [6.07, 6.45) is 0. The number of carbonyl (C=O) groups is 3. The molecule has 1 aromatic heterocycles. The summed E-state index contributed by atoms with van der Waals surface area (Å²) in [5.41, 5.74) is 0.983. The number of amides is 4. The molecule has 0 bridgehead atoms. The van der Waals surface area contributed by atoms with Gasteiger partial charge in [0, 0.05) is 11.3 Å². The van der Waals surface area contributed by atoms with Crippen LogP contribution in [0.15, 0.2) is 24.3 Å². The maximum atomic E-state index is 12.3. The van der Waals surface area contributed by atoms with Gasteiger partial charge in [-0.05, 0) is 38.1 Å². The zero-order chi connectivity index (χ0) is 17.3. The first-order chi connectivity index (χ1) is 11.4. The van der Waals surface area contributed by atoms with Crippen LogP contribution in [0.1, 0.15) is 35.0 Å². The smallest absolute Gasteiger partial charge is 0.329 e. The highest BCUT2D eigenvalue weighted by Gasteiger charge is 2.27. The number of rotatable bonds is 4. The van der Waals surface area contributed by atoms with Crippen molar-refractivity contribution in [1.29, 1.82) is 0 Å². The Morgan fingerprint density at radius 2 is 2.00 bits per heavy atom. The Hall–Kier alpha value is -3.23. The van der Waals surface area contributed by atoms with Crippen LogP contribution in [0, 0.1) is 6.92 Å². The molecule has 1 saturated heterocycles. The normalized spacial score (nSPS) is 15.3. The Morgan fingerprint density at radius 3 is 2.54 bits per heavy atom. The highest BCUT2D eigenvalue weighted by atomic mass is 16.2. The summed E-state index contributed by atoms with van der Waals surface area (Å²) in [5.74, 6) is 0.550. The van der Waals surface area contributed by atoms with Crippen molar-refractivity contribution in [2.45, 2.75) is 19.9 Å². The summed E-state index contributed by atoms with van der Waals surface area (Å²) < 4.78 is 0. The van der Waals surface area contributed by atoms with E-state index in [1.807, 2.05) is 0 Å². The Labute approximate surface area is 137 Å². The van der Waals surface area contributed by atoms with Crippen LogP contribution < -0.4 is 15.5 Å². The van der Waals surface area contributed by atoms with Crippen molar-refractivity contribution in [3.8, 4) is 0 Å². The third-order valence-electron chi connectivity index (χ3n) is 3.58. The van der Waals surface area contributed by atoms with Crippen molar-refractivity contribution >= 4 is 23.5 Å². The predicted molar refractivity (Wildman–Crippen MR) is 84.3 cm³/mol. The van der Waals surface area contributed by atoms with E-state index in [1.54, 1.807) is 38.1 Å². The molecule has 3 N–H and O–H groups in total. The summed E-state index contributed by atoms with van der Waals surface area (Å²) in [6.45, 7) is 3.55. The van der Waals surface area contributed by atoms with Crippen molar-refractivity contribution in [2.24, 2.45) is 0 Å². The zero-order valence-corrected chi connectivity index (χ0v) is 13.2. The molecule has 124 valence electrons. The number of hydrogen-bond donors (Lipinski definition) is 3. The standard InChI is InChI=1S/C15H16N6O3/c1-8(13-17-9(2)19-20-13)16-14(23)10-3-5-11(6-4-10)21-7-12(22)18-15(21)24/h3-6,8H,7H2,1-2H3,(H,16,23)(H,17,19,20)(H,18,22,24)/t8-/m0/s1. The van der Waals surface area contributed by atoms with Crippen LogP contribution in [0.5, 0.6) is 0 Å².